The molecule has 0 aliphatic carbocycles. The molecule has 1 aromatic heterocycles. The van der Waals surface area contributed by atoms with Crippen LogP contribution < -0.4 is 15.2 Å². The lowest BCUT2D eigenvalue weighted by Crippen LogP contribution is -2.04. The molecule has 33 heavy (non-hydrogen) atoms. The molecule has 6 nitrogen and oxygen atoms in total. The molecule has 1 heterocycles. The Bertz CT molecular complexity index is 1270. The zero-order valence-corrected chi connectivity index (χ0v) is 17.9. The van der Waals surface area contributed by atoms with Crippen molar-refractivity contribution >= 4 is 16.9 Å². The number of benzene rings is 3. The highest BCUT2D eigenvalue weighted by molar-refractivity contribution is 5.91. The number of carboxylic acid groups (broad SMARTS) is 1. The van der Waals surface area contributed by atoms with E-state index in [2.05, 4.69) is 0 Å². The van der Waals surface area contributed by atoms with Crippen molar-refractivity contribution in [1.82, 2.24) is 0 Å². The first-order chi connectivity index (χ1) is 16.1. The molecule has 0 fully saturated rings. The Kier molecular flexibility index (Phi) is 6.90. The summed E-state index contributed by atoms with van der Waals surface area (Å²) in [5, 5.41) is 9.92. The number of fused-ring (bicyclic) bond motifs is 1. The van der Waals surface area contributed by atoms with E-state index in [1.807, 2.05) is 36.4 Å². The summed E-state index contributed by atoms with van der Waals surface area (Å²) in [4.78, 5) is 11.2. The molecule has 0 saturated carbocycles. The molecule has 4 rings (SSSR count). The molecular weight excluding hydrogens is 425 g/mol. The van der Waals surface area contributed by atoms with Crippen molar-refractivity contribution in [2.45, 2.75) is 19.6 Å². The van der Waals surface area contributed by atoms with Gasteiger partial charge >= 0.3 is 5.97 Å². The van der Waals surface area contributed by atoms with Gasteiger partial charge in [-0.3, -0.25) is 4.79 Å². The maximum Gasteiger partial charge on any atom is 0.307 e. The first-order valence-electron chi connectivity index (χ1n) is 10.5. The zero-order valence-electron chi connectivity index (χ0n) is 17.9. The van der Waals surface area contributed by atoms with E-state index in [0.29, 0.717) is 29.2 Å². The van der Waals surface area contributed by atoms with Gasteiger partial charge in [-0.15, -0.1) is 0 Å². The second-order valence-electron chi connectivity index (χ2n) is 7.52. The van der Waals surface area contributed by atoms with Gasteiger partial charge in [-0.2, -0.15) is 0 Å². The summed E-state index contributed by atoms with van der Waals surface area (Å²) in [6, 6.07) is 18.7. The van der Waals surface area contributed by atoms with Gasteiger partial charge in [0.2, 0.25) is 0 Å². The number of hydrogen-bond donors (Lipinski definition) is 2. The minimum absolute atomic E-state index is 0.0868. The zero-order chi connectivity index (χ0) is 23.2. The summed E-state index contributed by atoms with van der Waals surface area (Å²) in [6.07, 6.45) is 1.44. The van der Waals surface area contributed by atoms with Gasteiger partial charge in [-0.25, -0.2) is 4.39 Å². The van der Waals surface area contributed by atoms with Gasteiger partial charge in [0.1, 0.15) is 25.6 Å². The molecule has 0 aliphatic heterocycles. The number of halogens is 1. The van der Waals surface area contributed by atoms with Crippen LogP contribution in [0.3, 0.4) is 0 Å². The van der Waals surface area contributed by atoms with Crippen molar-refractivity contribution in [2.24, 2.45) is 5.73 Å². The van der Waals surface area contributed by atoms with Gasteiger partial charge in [-0.05, 0) is 41.0 Å². The van der Waals surface area contributed by atoms with E-state index in [1.165, 1.54) is 0 Å². The SMILES string of the molecule is NCc1cccc(-c2cc(OCCF)c3occ(COc4ccccc4CC(=O)O)c3c2)c1. The van der Waals surface area contributed by atoms with Crippen LogP contribution in [-0.4, -0.2) is 24.4 Å². The lowest BCUT2D eigenvalue weighted by Gasteiger charge is -2.11. The molecule has 0 saturated heterocycles. The van der Waals surface area contributed by atoms with Gasteiger partial charge in [-0.1, -0.05) is 36.4 Å². The van der Waals surface area contributed by atoms with Gasteiger partial charge < -0.3 is 24.7 Å². The number of ether oxygens (including phenoxy) is 2. The van der Waals surface area contributed by atoms with Crippen molar-refractivity contribution in [2.75, 3.05) is 13.3 Å². The average molecular weight is 449 g/mol. The third kappa shape index (κ3) is 5.15. The van der Waals surface area contributed by atoms with E-state index in [-0.39, 0.29) is 19.6 Å². The van der Waals surface area contributed by atoms with Crippen molar-refractivity contribution in [3.8, 4) is 22.6 Å². The molecular formula is C26H24FNO5. The molecule has 0 bridgehead atoms. The highest BCUT2D eigenvalue weighted by Gasteiger charge is 2.16. The summed E-state index contributed by atoms with van der Waals surface area (Å²) in [5.41, 5.74) is 10.5. The molecule has 0 unspecified atom stereocenters. The van der Waals surface area contributed by atoms with Gasteiger partial charge in [0.05, 0.1) is 12.7 Å². The Morgan fingerprint density at radius 2 is 1.82 bits per heavy atom. The highest BCUT2D eigenvalue weighted by atomic mass is 19.1. The van der Waals surface area contributed by atoms with E-state index in [9.17, 15) is 9.18 Å². The number of rotatable bonds is 10. The third-order valence-electron chi connectivity index (χ3n) is 5.25. The van der Waals surface area contributed by atoms with Crippen LogP contribution in [0.2, 0.25) is 0 Å². The third-order valence-corrected chi connectivity index (χ3v) is 5.25. The predicted molar refractivity (Wildman–Crippen MR) is 123 cm³/mol. The van der Waals surface area contributed by atoms with E-state index < -0.39 is 12.6 Å². The Morgan fingerprint density at radius 1 is 0.970 bits per heavy atom. The molecule has 0 atom stereocenters. The second-order valence-corrected chi connectivity index (χ2v) is 7.52. The smallest absolute Gasteiger partial charge is 0.307 e. The Morgan fingerprint density at radius 3 is 2.61 bits per heavy atom. The normalized spacial score (nSPS) is 11.0. The molecule has 3 N–H and O–H groups in total. The largest absolute Gasteiger partial charge is 0.488 e. The maximum atomic E-state index is 12.8. The summed E-state index contributed by atoms with van der Waals surface area (Å²) in [5.74, 6) is 0.00426. The quantitative estimate of drug-likeness (QED) is 0.349. The summed E-state index contributed by atoms with van der Waals surface area (Å²) < 4.78 is 30.1. The fourth-order valence-electron chi connectivity index (χ4n) is 3.68. The number of para-hydroxylation sites is 1. The fraction of sp³-hybridized carbons (Fsp3) is 0.192. The van der Waals surface area contributed by atoms with Crippen molar-refractivity contribution in [3.63, 3.8) is 0 Å². The van der Waals surface area contributed by atoms with Gasteiger partial charge in [0, 0.05) is 23.1 Å². The second kappa shape index (κ2) is 10.2. The highest BCUT2D eigenvalue weighted by Crippen LogP contribution is 2.36. The van der Waals surface area contributed by atoms with Crippen molar-refractivity contribution in [3.05, 3.63) is 83.6 Å². The monoisotopic (exact) mass is 449 g/mol. The van der Waals surface area contributed by atoms with Crippen LogP contribution in [0.1, 0.15) is 16.7 Å². The number of hydrogen-bond acceptors (Lipinski definition) is 5. The minimum Gasteiger partial charge on any atom is -0.488 e. The number of furan rings is 1. The van der Waals surface area contributed by atoms with Crippen LogP contribution in [0.15, 0.2) is 71.3 Å². The predicted octanol–water partition coefficient (Wildman–Crippen LogP) is 5.11. The average Bonchev–Trinajstić information content (AvgIpc) is 3.24. The van der Waals surface area contributed by atoms with E-state index >= 15 is 0 Å². The number of aliphatic carboxylic acids is 1. The van der Waals surface area contributed by atoms with Crippen LogP contribution in [0.25, 0.3) is 22.1 Å². The number of alkyl halides is 1. The molecule has 3 aromatic carbocycles. The Labute approximate surface area is 190 Å². The number of nitrogens with two attached hydrogens (primary N) is 1. The van der Waals surface area contributed by atoms with Crippen LogP contribution in [0.4, 0.5) is 4.39 Å². The molecule has 0 aliphatic rings. The summed E-state index contributed by atoms with van der Waals surface area (Å²) >= 11 is 0. The molecule has 4 aromatic rings. The van der Waals surface area contributed by atoms with Gasteiger partial charge in [0.15, 0.2) is 11.3 Å². The summed E-state index contributed by atoms with van der Waals surface area (Å²) in [6.45, 7) is -0.123. The number of carboxylic acids is 1. The first kappa shape index (κ1) is 22.4. The molecule has 0 spiro atoms. The topological polar surface area (TPSA) is 94.9 Å². The lowest BCUT2D eigenvalue weighted by atomic mass is 10.00. The Balaban J connectivity index is 1.70. The standard InChI is InChI=1S/C26H24FNO5/c27-8-9-31-24-12-20(18-6-3-4-17(10-18)14-28)11-22-21(16-33-26(22)24)15-32-23-7-2-1-5-19(23)13-25(29)30/h1-7,10-12,16H,8-9,13-15,28H2,(H,29,30). The minimum atomic E-state index is -0.932. The van der Waals surface area contributed by atoms with Crippen LogP contribution in [0.5, 0.6) is 11.5 Å². The Hall–Kier alpha value is -3.84. The van der Waals surface area contributed by atoms with E-state index in [0.717, 1.165) is 27.6 Å². The lowest BCUT2D eigenvalue weighted by molar-refractivity contribution is -0.136. The maximum absolute atomic E-state index is 12.8. The molecule has 7 heteroatoms. The van der Waals surface area contributed by atoms with E-state index in [4.69, 9.17) is 24.7 Å². The summed E-state index contributed by atoms with van der Waals surface area (Å²) in [7, 11) is 0. The van der Waals surface area contributed by atoms with Crippen molar-refractivity contribution < 1.29 is 28.2 Å². The fourth-order valence-corrected chi connectivity index (χ4v) is 3.68. The van der Waals surface area contributed by atoms with Crippen molar-refractivity contribution in [1.29, 1.82) is 0 Å². The van der Waals surface area contributed by atoms with Gasteiger partial charge in [0.25, 0.3) is 0 Å². The van der Waals surface area contributed by atoms with Crippen LogP contribution in [0, 0.1) is 0 Å². The molecule has 0 amide bonds. The van der Waals surface area contributed by atoms with E-state index in [1.54, 1.807) is 30.5 Å². The molecule has 170 valence electrons. The molecule has 0 radical (unpaired) electrons. The number of carbonyl (C=O) groups is 1. The van der Waals surface area contributed by atoms with Crippen LogP contribution >= 0.6 is 0 Å². The first-order valence-corrected chi connectivity index (χ1v) is 10.5. The van der Waals surface area contributed by atoms with Crippen LogP contribution in [-0.2, 0) is 24.4 Å².